The fourth-order valence-corrected chi connectivity index (χ4v) is 3.95. The summed E-state index contributed by atoms with van der Waals surface area (Å²) >= 11 is 3.65. The third kappa shape index (κ3) is 6.22. The fraction of sp³-hybridized carbons (Fsp3) is 0.214. The first kappa shape index (κ1) is 19.5. The number of rotatable bonds is 3. The molecule has 1 heterocycles. The van der Waals surface area contributed by atoms with Crippen molar-refractivity contribution in [3.8, 4) is 0 Å². The van der Waals surface area contributed by atoms with Gasteiger partial charge in [0.2, 0.25) is 21.1 Å². The summed E-state index contributed by atoms with van der Waals surface area (Å²) < 4.78 is 31.5. The van der Waals surface area contributed by atoms with Crippen LogP contribution in [0.15, 0.2) is 46.2 Å². The minimum Gasteiger partial charge on any atom is -0.744 e. The van der Waals surface area contributed by atoms with Crippen LogP contribution in [-0.2, 0) is 10.1 Å². The lowest BCUT2D eigenvalue weighted by Crippen LogP contribution is -2.02. The molecule has 0 N–H and O–H groups in total. The Bertz CT molecular complexity index is 786. The van der Waals surface area contributed by atoms with Crippen LogP contribution in [0.1, 0.15) is 9.75 Å². The topological polar surface area (TPSA) is 100 Å². The van der Waals surface area contributed by atoms with Crippen LogP contribution in [0.5, 0.6) is 0 Å². The zero-order valence-corrected chi connectivity index (χ0v) is 15.1. The molecule has 0 bridgehead atoms. The van der Waals surface area contributed by atoms with Crippen LogP contribution in [0.4, 0.5) is 5.69 Å². The van der Waals surface area contributed by atoms with E-state index in [1.807, 2.05) is 11.3 Å². The zero-order chi connectivity index (χ0) is 17.6. The van der Waals surface area contributed by atoms with E-state index in [1.54, 1.807) is 11.8 Å². The van der Waals surface area contributed by atoms with Crippen molar-refractivity contribution in [1.82, 2.24) is 0 Å². The maximum absolute atomic E-state index is 10.5. The van der Waals surface area contributed by atoms with Gasteiger partial charge in [0, 0.05) is 36.9 Å². The van der Waals surface area contributed by atoms with E-state index in [0.717, 1.165) is 12.1 Å². The Balaban J connectivity index is 0.000000238. The van der Waals surface area contributed by atoms with Gasteiger partial charge in [0.25, 0.3) is 5.69 Å². The van der Waals surface area contributed by atoms with Crippen molar-refractivity contribution in [2.24, 2.45) is 0 Å². The average molecular weight is 373 g/mol. The van der Waals surface area contributed by atoms with Gasteiger partial charge in [0.05, 0.1) is 4.92 Å². The summed E-state index contributed by atoms with van der Waals surface area (Å²) in [5, 5.41) is 10.3. The molecule has 0 spiro atoms. The number of para-hydroxylation sites is 1. The Labute approximate surface area is 143 Å². The molecule has 2 rings (SSSR count). The SMILES string of the molecule is CSc1cc(C)[s+]c(C)c1.O=[N+]([O-])c1ccccc1S(=O)(=O)[O-]. The summed E-state index contributed by atoms with van der Waals surface area (Å²) in [6.07, 6.45) is 2.11. The van der Waals surface area contributed by atoms with Crippen LogP contribution in [-0.4, -0.2) is 24.1 Å². The molecule has 1 aromatic carbocycles. The van der Waals surface area contributed by atoms with Crippen molar-refractivity contribution in [3.63, 3.8) is 0 Å². The molecule has 124 valence electrons. The molecule has 0 unspecified atom stereocenters. The molecule has 0 aliphatic carbocycles. The molecule has 2 aromatic rings. The second kappa shape index (κ2) is 8.34. The van der Waals surface area contributed by atoms with Gasteiger partial charge in [0.1, 0.15) is 15.0 Å². The third-order valence-corrected chi connectivity index (χ3v) is 5.05. The van der Waals surface area contributed by atoms with Gasteiger partial charge >= 0.3 is 0 Å². The molecule has 0 radical (unpaired) electrons. The van der Waals surface area contributed by atoms with Gasteiger partial charge in [-0.05, 0) is 12.3 Å². The number of thioether (sulfide) groups is 1. The highest BCUT2D eigenvalue weighted by Crippen LogP contribution is 2.22. The highest BCUT2D eigenvalue weighted by atomic mass is 32.2. The van der Waals surface area contributed by atoms with Crippen LogP contribution in [0, 0.1) is 24.0 Å². The summed E-state index contributed by atoms with van der Waals surface area (Å²) in [5.41, 5.74) is -0.697. The van der Waals surface area contributed by atoms with Crippen LogP contribution < -0.4 is 0 Å². The lowest BCUT2D eigenvalue weighted by Gasteiger charge is -2.06. The van der Waals surface area contributed by atoms with Crippen LogP contribution >= 0.6 is 23.1 Å². The summed E-state index contributed by atoms with van der Waals surface area (Å²) in [6, 6.07) is 8.85. The second-order valence-corrected chi connectivity index (χ2v) is 8.12. The molecule has 6 nitrogen and oxygen atoms in total. The molecule has 0 amide bonds. The maximum atomic E-state index is 10.5. The first-order valence-corrected chi connectivity index (χ1v) is 9.75. The van der Waals surface area contributed by atoms with Gasteiger partial charge in [-0.2, -0.15) is 0 Å². The Morgan fingerprint density at radius 3 is 2.04 bits per heavy atom. The van der Waals surface area contributed by atoms with Crippen LogP contribution in [0.3, 0.4) is 0 Å². The van der Waals surface area contributed by atoms with E-state index in [2.05, 4.69) is 32.2 Å². The molecule has 23 heavy (non-hydrogen) atoms. The predicted molar refractivity (Wildman–Crippen MR) is 91.0 cm³/mol. The first-order chi connectivity index (χ1) is 10.6. The van der Waals surface area contributed by atoms with E-state index in [0.29, 0.717) is 0 Å². The number of benzene rings is 1. The summed E-state index contributed by atoms with van der Waals surface area (Å²) in [5.74, 6) is 0. The molecule has 1 aromatic heterocycles. The summed E-state index contributed by atoms with van der Waals surface area (Å²) in [7, 11) is -4.77. The summed E-state index contributed by atoms with van der Waals surface area (Å²) in [6.45, 7) is 4.30. The van der Waals surface area contributed by atoms with Gasteiger partial charge in [-0.1, -0.05) is 12.1 Å². The molecule has 0 aliphatic rings. The van der Waals surface area contributed by atoms with Gasteiger partial charge in [-0.25, -0.2) is 8.42 Å². The van der Waals surface area contributed by atoms with Gasteiger partial charge in [0.15, 0.2) is 0 Å². The van der Waals surface area contributed by atoms with Crippen LogP contribution in [0.25, 0.3) is 0 Å². The first-order valence-electron chi connectivity index (χ1n) is 6.30. The number of nitro benzene ring substituents is 1. The van der Waals surface area contributed by atoms with Gasteiger partial charge in [-0.15, -0.1) is 11.8 Å². The van der Waals surface area contributed by atoms with Crippen molar-refractivity contribution in [3.05, 3.63) is 56.3 Å². The fourth-order valence-electron chi connectivity index (χ4n) is 1.69. The quantitative estimate of drug-likeness (QED) is 0.266. The molecular weight excluding hydrogens is 358 g/mol. The molecule has 9 heteroatoms. The lowest BCUT2D eigenvalue weighted by molar-refractivity contribution is -0.387. The van der Waals surface area contributed by atoms with E-state index in [4.69, 9.17) is 0 Å². The predicted octanol–water partition coefficient (Wildman–Crippen LogP) is 3.87. The highest BCUT2D eigenvalue weighted by Gasteiger charge is 2.16. The average Bonchev–Trinajstić information content (AvgIpc) is 2.46. The Kier molecular flexibility index (Phi) is 7.07. The highest BCUT2D eigenvalue weighted by molar-refractivity contribution is 7.98. The van der Waals surface area contributed by atoms with Crippen molar-refractivity contribution >= 4 is 38.9 Å². The molecule has 0 aliphatic heterocycles. The summed E-state index contributed by atoms with van der Waals surface area (Å²) in [4.78, 5) is 12.7. The van der Waals surface area contributed by atoms with Gasteiger partial charge < -0.3 is 4.55 Å². The van der Waals surface area contributed by atoms with Crippen LogP contribution in [0.2, 0.25) is 0 Å². The van der Waals surface area contributed by atoms with E-state index < -0.39 is 25.6 Å². The van der Waals surface area contributed by atoms with Crippen molar-refractivity contribution in [2.75, 3.05) is 6.26 Å². The standard InChI is InChI=1S/C8H11S2.C6H5NO5S/c1-6-4-8(9-3)5-7(2)10-6;8-7(9)5-3-1-2-4-6(5)13(10,11)12/h4-5H,1-3H3;1-4H,(H,10,11,12)/q+1;/p-1. The Morgan fingerprint density at radius 1 is 1.13 bits per heavy atom. The monoisotopic (exact) mass is 373 g/mol. The van der Waals surface area contributed by atoms with Crippen molar-refractivity contribution in [1.29, 1.82) is 0 Å². The molecule has 0 saturated heterocycles. The molecule has 0 saturated carbocycles. The smallest absolute Gasteiger partial charge is 0.286 e. The number of nitrogens with zero attached hydrogens (tertiary/aromatic N) is 1. The molecule has 0 fully saturated rings. The van der Waals surface area contributed by atoms with Crippen molar-refractivity contribution in [2.45, 2.75) is 23.6 Å². The maximum Gasteiger partial charge on any atom is 0.286 e. The largest absolute Gasteiger partial charge is 0.744 e. The normalized spacial score (nSPS) is 10.6. The minimum absolute atomic E-state index is 0.697. The number of aryl methyl sites for hydroxylation is 2. The van der Waals surface area contributed by atoms with Crippen molar-refractivity contribution < 1.29 is 17.9 Å². The lowest BCUT2D eigenvalue weighted by atomic mass is 10.3. The number of hydrogen-bond donors (Lipinski definition) is 0. The minimum atomic E-state index is -4.77. The molecule has 0 atom stereocenters. The van der Waals surface area contributed by atoms with E-state index in [-0.39, 0.29) is 0 Å². The van der Waals surface area contributed by atoms with E-state index >= 15 is 0 Å². The molecular formula is C14H15NO5S3. The Hall–Kier alpha value is -1.55. The van der Waals surface area contributed by atoms with E-state index in [9.17, 15) is 23.1 Å². The van der Waals surface area contributed by atoms with E-state index in [1.165, 1.54) is 26.8 Å². The number of hydrogen-bond acceptors (Lipinski definition) is 6. The third-order valence-electron chi connectivity index (χ3n) is 2.58. The zero-order valence-electron chi connectivity index (χ0n) is 12.7. The van der Waals surface area contributed by atoms with Gasteiger partial charge in [-0.3, -0.25) is 10.1 Å². The Morgan fingerprint density at radius 2 is 1.65 bits per heavy atom. The second-order valence-electron chi connectivity index (χ2n) is 4.40. The number of nitro groups is 1.